The number of aliphatic hydroxyl groups is 2. The molecule has 0 heterocycles. The van der Waals surface area contributed by atoms with Crippen LogP contribution in [0.1, 0.15) is 57.8 Å². The second-order valence-corrected chi connectivity index (χ2v) is 8.22. The van der Waals surface area contributed by atoms with Gasteiger partial charge in [0.25, 0.3) is 0 Å². The molecule has 2 rings (SSSR count). The molecule has 4 nitrogen and oxygen atoms in total. The molecule has 0 bridgehead atoms. The van der Waals surface area contributed by atoms with Crippen LogP contribution in [0.4, 0.5) is 0 Å². The molecule has 0 aromatic heterocycles. The number of aliphatic hydroxyl groups excluding tert-OH is 2. The van der Waals surface area contributed by atoms with Crippen LogP contribution in [0.2, 0.25) is 0 Å². The number of hydrogen-bond acceptors (Lipinski definition) is 4. The summed E-state index contributed by atoms with van der Waals surface area (Å²) in [7, 11) is 1.41. The molecule has 0 aromatic rings. The number of carbonyl (C=O) groups excluding carboxylic acids is 1. The zero-order valence-electron chi connectivity index (χ0n) is 15.7. The van der Waals surface area contributed by atoms with E-state index in [1.165, 1.54) is 13.5 Å². The number of rotatable bonds is 10. The number of halogens is 1. The van der Waals surface area contributed by atoms with Crippen molar-refractivity contribution in [2.45, 2.75) is 75.4 Å². The van der Waals surface area contributed by atoms with Crippen molar-refractivity contribution in [1.82, 2.24) is 0 Å². The Bertz CT molecular complexity index is 486. The van der Waals surface area contributed by atoms with Crippen molar-refractivity contribution in [2.75, 3.05) is 7.11 Å². The highest BCUT2D eigenvalue weighted by atomic mass is 35.5. The van der Waals surface area contributed by atoms with E-state index >= 15 is 0 Å². The largest absolute Gasteiger partial charge is 0.469 e. The number of methoxy groups -OCH3 is 1. The summed E-state index contributed by atoms with van der Waals surface area (Å²) in [5.74, 6) is 0.538. The van der Waals surface area contributed by atoms with Crippen molar-refractivity contribution < 1.29 is 19.7 Å². The Labute approximate surface area is 162 Å². The Kier molecular flexibility index (Phi) is 9.17. The Morgan fingerprint density at radius 3 is 2.73 bits per heavy atom. The summed E-state index contributed by atoms with van der Waals surface area (Å²) in [5.41, 5.74) is 0. The maximum Gasteiger partial charge on any atom is 0.305 e. The lowest BCUT2D eigenvalue weighted by Crippen LogP contribution is -2.26. The van der Waals surface area contributed by atoms with Crippen LogP contribution in [0.15, 0.2) is 24.3 Å². The van der Waals surface area contributed by atoms with Crippen LogP contribution in [0, 0.1) is 17.8 Å². The van der Waals surface area contributed by atoms with E-state index in [-0.39, 0.29) is 29.3 Å². The van der Waals surface area contributed by atoms with Crippen LogP contribution in [-0.4, -0.2) is 40.9 Å². The summed E-state index contributed by atoms with van der Waals surface area (Å²) in [5, 5.41) is 20.4. The Balaban J connectivity index is 1.76. The summed E-state index contributed by atoms with van der Waals surface area (Å²) in [4.78, 5) is 11.1. The molecular weight excluding hydrogens is 352 g/mol. The van der Waals surface area contributed by atoms with Crippen molar-refractivity contribution >= 4 is 17.6 Å². The predicted molar refractivity (Wildman–Crippen MR) is 104 cm³/mol. The van der Waals surface area contributed by atoms with E-state index in [0.29, 0.717) is 25.2 Å². The van der Waals surface area contributed by atoms with Crippen LogP contribution >= 0.6 is 11.6 Å². The lowest BCUT2D eigenvalue weighted by Gasteiger charge is -2.29. The summed E-state index contributed by atoms with van der Waals surface area (Å²) in [6.07, 6.45) is 15.3. The van der Waals surface area contributed by atoms with E-state index < -0.39 is 6.10 Å². The van der Waals surface area contributed by atoms with E-state index in [1.807, 2.05) is 6.08 Å². The van der Waals surface area contributed by atoms with E-state index in [0.717, 1.165) is 32.1 Å². The SMILES string of the molecule is COC(=O)CCC/C=C\C[C@@H]1[C@@H](/C=C/CC(O)C2CCC2)[C@H](O)C[C@H]1Cl. The average molecular weight is 385 g/mol. The maximum atomic E-state index is 11.1. The van der Waals surface area contributed by atoms with E-state index in [1.54, 1.807) is 0 Å². The molecule has 0 amide bonds. The summed E-state index contributed by atoms with van der Waals surface area (Å²) in [6.45, 7) is 0. The van der Waals surface area contributed by atoms with Gasteiger partial charge in [0, 0.05) is 17.7 Å². The van der Waals surface area contributed by atoms with E-state index in [2.05, 4.69) is 23.0 Å². The zero-order valence-corrected chi connectivity index (χ0v) is 16.5. The van der Waals surface area contributed by atoms with Crippen molar-refractivity contribution in [3.05, 3.63) is 24.3 Å². The molecule has 0 aromatic carbocycles. The van der Waals surface area contributed by atoms with Gasteiger partial charge in [0.2, 0.25) is 0 Å². The molecule has 148 valence electrons. The van der Waals surface area contributed by atoms with Gasteiger partial charge in [0.05, 0.1) is 19.3 Å². The highest BCUT2D eigenvalue weighted by Gasteiger charge is 2.39. The lowest BCUT2D eigenvalue weighted by atomic mass is 9.80. The minimum atomic E-state index is -0.410. The highest BCUT2D eigenvalue weighted by molar-refractivity contribution is 6.21. The first-order valence-corrected chi connectivity index (χ1v) is 10.3. The molecule has 0 radical (unpaired) electrons. The fourth-order valence-corrected chi connectivity index (χ4v) is 4.35. The molecule has 0 saturated heterocycles. The van der Waals surface area contributed by atoms with Crippen LogP contribution in [0.25, 0.3) is 0 Å². The topological polar surface area (TPSA) is 66.8 Å². The number of esters is 1. The third-order valence-corrected chi connectivity index (χ3v) is 6.36. The number of carbonyl (C=O) groups is 1. The van der Waals surface area contributed by atoms with Gasteiger partial charge in [-0.25, -0.2) is 0 Å². The van der Waals surface area contributed by atoms with Gasteiger partial charge in [-0.1, -0.05) is 30.7 Å². The molecule has 2 fully saturated rings. The van der Waals surface area contributed by atoms with Gasteiger partial charge in [-0.15, -0.1) is 11.6 Å². The van der Waals surface area contributed by atoms with Crippen LogP contribution in [0.5, 0.6) is 0 Å². The molecule has 26 heavy (non-hydrogen) atoms. The fraction of sp³-hybridized carbons (Fsp3) is 0.762. The molecule has 2 aliphatic carbocycles. The van der Waals surface area contributed by atoms with Crippen molar-refractivity contribution in [3.63, 3.8) is 0 Å². The molecule has 1 unspecified atom stereocenters. The highest BCUT2D eigenvalue weighted by Crippen LogP contribution is 2.39. The molecular formula is C21H33ClO4. The zero-order chi connectivity index (χ0) is 18.9. The minimum absolute atomic E-state index is 0.0316. The molecule has 2 saturated carbocycles. The first-order chi connectivity index (χ1) is 12.5. The van der Waals surface area contributed by atoms with Crippen LogP contribution in [-0.2, 0) is 9.53 Å². The van der Waals surface area contributed by atoms with Gasteiger partial charge in [-0.2, -0.15) is 0 Å². The first kappa shape index (κ1) is 21.5. The monoisotopic (exact) mass is 384 g/mol. The quantitative estimate of drug-likeness (QED) is 0.258. The number of unbranched alkanes of at least 4 members (excludes halogenated alkanes) is 1. The van der Waals surface area contributed by atoms with E-state index in [4.69, 9.17) is 11.6 Å². The van der Waals surface area contributed by atoms with Crippen LogP contribution in [0.3, 0.4) is 0 Å². The summed E-state index contributed by atoms with van der Waals surface area (Å²) < 4.78 is 4.62. The maximum absolute atomic E-state index is 11.1. The van der Waals surface area contributed by atoms with Gasteiger partial charge >= 0.3 is 5.97 Å². The van der Waals surface area contributed by atoms with Crippen molar-refractivity contribution in [2.24, 2.45) is 17.8 Å². The number of allylic oxidation sites excluding steroid dienone is 2. The van der Waals surface area contributed by atoms with E-state index in [9.17, 15) is 15.0 Å². The second-order valence-electron chi connectivity index (χ2n) is 7.66. The third kappa shape index (κ3) is 6.40. The summed E-state index contributed by atoms with van der Waals surface area (Å²) in [6, 6.07) is 0. The lowest BCUT2D eigenvalue weighted by molar-refractivity contribution is -0.140. The van der Waals surface area contributed by atoms with Gasteiger partial charge in [-0.3, -0.25) is 4.79 Å². The molecule has 5 atom stereocenters. The molecule has 2 N–H and O–H groups in total. The first-order valence-electron chi connectivity index (χ1n) is 9.91. The Morgan fingerprint density at radius 2 is 2.08 bits per heavy atom. The van der Waals surface area contributed by atoms with Gasteiger partial charge in [-0.05, 0) is 56.8 Å². The van der Waals surface area contributed by atoms with Gasteiger partial charge in [0.1, 0.15) is 0 Å². The Morgan fingerprint density at radius 1 is 1.31 bits per heavy atom. The molecule has 0 spiro atoms. The minimum Gasteiger partial charge on any atom is -0.469 e. The van der Waals surface area contributed by atoms with Crippen molar-refractivity contribution in [3.8, 4) is 0 Å². The van der Waals surface area contributed by atoms with Crippen molar-refractivity contribution in [1.29, 1.82) is 0 Å². The fourth-order valence-electron chi connectivity index (χ4n) is 3.89. The average Bonchev–Trinajstić information content (AvgIpc) is 2.82. The standard InChI is InChI=1S/C21H33ClO4/c1-26-21(25)13-5-3-2-4-10-16-17(20(24)14-18(16)22)11-7-12-19(23)15-8-6-9-15/h2,4,7,11,15-20,23-24H,3,5-6,8-10,12-14H2,1H3/b4-2-,11-7+/t16-,17-,18-,19?,20-/m1/s1. The number of ether oxygens (including phenoxy) is 1. The predicted octanol–water partition coefficient (Wildman–Crippen LogP) is 3.99. The molecule has 2 aliphatic rings. The van der Waals surface area contributed by atoms with Crippen LogP contribution < -0.4 is 0 Å². The number of alkyl halides is 1. The number of hydrogen-bond donors (Lipinski definition) is 2. The second kappa shape index (κ2) is 11.1. The third-order valence-electron chi connectivity index (χ3n) is 5.85. The molecule has 5 heteroatoms. The van der Waals surface area contributed by atoms with Gasteiger partial charge in [0.15, 0.2) is 0 Å². The van der Waals surface area contributed by atoms with Gasteiger partial charge < -0.3 is 14.9 Å². The normalized spacial score (nSPS) is 30.8. The smallest absolute Gasteiger partial charge is 0.305 e. The Hall–Kier alpha value is -0.840. The summed E-state index contributed by atoms with van der Waals surface area (Å²) >= 11 is 6.45. The molecule has 0 aliphatic heterocycles.